The zero-order valence-corrected chi connectivity index (χ0v) is 33.9. The summed E-state index contributed by atoms with van der Waals surface area (Å²) in [4.78, 5) is 0. The van der Waals surface area contributed by atoms with Crippen molar-refractivity contribution in [1.82, 2.24) is 0 Å². The summed E-state index contributed by atoms with van der Waals surface area (Å²) < 4.78 is 0. The third-order valence-electron chi connectivity index (χ3n) is 13.4. The van der Waals surface area contributed by atoms with Crippen LogP contribution in [0.25, 0.3) is 131 Å². The first kappa shape index (κ1) is 34.8. The minimum atomic E-state index is 1.19. The van der Waals surface area contributed by atoms with Crippen molar-refractivity contribution in [2.24, 2.45) is 0 Å². The maximum Gasteiger partial charge on any atom is -0.00206 e. The quantitative estimate of drug-likeness (QED) is 0.147. The van der Waals surface area contributed by atoms with Gasteiger partial charge in [0.25, 0.3) is 0 Å². The summed E-state index contributed by atoms with van der Waals surface area (Å²) in [5.41, 5.74) is 14.7. The molecule has 0 saturated carbocycles. The van der Waals surface area contributed by atoms with E-state index < -0.39 is 0 Å². The molecule has 0 nitrogen and oxygen atoms in total. The fourth-order valence-electron chi connectivity index (χ4n) is 10.4. The van der Waals surface area contributed by atoms with Gasteiger partial charge in [0.2, 0.25) is 0 Å². The lowest BCUT2D eigenvalue weighted by molar-refractivity contribution is 1.56. The summed E-state index contributed by atoms with van der Waals surface area (Å²) >= 11 is 0. The van der Waals surface area contributed by atoms with E-state index >= 15 is 0 Å². The van der Waals surface area contributed by atoms with Gasteiger partial charge in [0.1, 0.15) is 0 Å². The highest BCUT2D eigenvalue weighted by atomic mass is 14.2. The van der Waals surface area contributed by atoms with E-state index in [-0.39, 0.29) is 0 Å². The molecule has 0 atom stereocenters. The molecule has 286 valence electrons. The molecule has 0 bridgehead atoms. The summed E-state index contributed by atoms with van der Waals surface area (Å²) in [6.07, 6.45) is 0. The Morgan fingerprint density at radius 1 is 0.161 bits per heavy atom. The number of hydrogen-bond acceptors (Lipinski definition) is 0. The molecule has 0 unspecified atom stereocenters. The molecule has 0 aromatic heterocycles. The highest BCUT2D eigenvalue weighted by Crippen LogP contribution is 2.45. The fraction of sp³-hybridized carbons (Fsp3) is 0. The minimum Gasteiger partial charge on any atom is -0.0622 e. The Morgan fingerprint density at radius 2 is 0.484 bits per heavy atom. The Balaban J connectivity index is 0.945. The molecule has 0 heteroatoms. The molecule has 62 heavy (non-hydrogen) atoms. The van der Waals surface area contributed by atoms with E-state index in [0.717, 1.165) is 0 Å². The Bertz CT molecular complexity index is 3530. The van der Waals surface area contributed by atoms with Gasteiger partial charge in [-0.2, -0.15) is 0 Å². The summed E-state index contributed by atoms with van der Waals surface area (Å²) in [6.45, 7) is 0. The molecular formula is C62H38. The Kier molecular flexibility index (Phi) is 7.71. The van der Waals surface area contributed by atoms with Crippen LogP contribution in [0.2, 0.25) is 0 Å². The van der Waals surface area contributed by atoms with Crippen LogP contribution < -0.4 is 0 Å². The summed E-state index contributed by atoms with van der Waals surface area (Å²) in [6, 6.07) is 85.7. The van der Waals surface area contributed by atoms with Crippen LogP contribution in [0.3, 0.4) is 0 Å². The van der Waals surface area contributed by atoms with Crippen molar-refractivity contribution in [2.75, 3.05) is 0 Å². The second-order valence-corrected chi connectivity index (χ2v) is 16.8. The normalized spacial score (nSPS) is 11.9. The van der Waals surface area contributed by atoms with Crippen molar-refractivity contribution < 1.29 is 0 Å². The van der Waals surface area contributed by atoms with Gasteiger partial charge in [-0.05, 0) is 144 Å². The second kappa shape index (κ2) is 13.7. The van der Waals surface area contributed by atoms with Gasteiger partial charge in [0.15, 0.2) is 0 Å². The summed E-state index contributed by atoms with van der Waals surface area (Å²) in [7, 11) is 0. The maximum absolute atomic E-state index is 2.41. The molecule has 0 amide bonds. The van der Waals surface area contributed by atoms with Gasteiger partial charge >= 0.3 is 0 Å². The van der Waals surface area contributed by atoms with Crippen molar-refractivity contribution in [3.8, 4) is 66.8 Å². The number of rotatable bonds is 6. The van der Waals surface area contributed by atoms with Gasteiger partial charge in [-0.3, -0.25) is 0 Å². The molecule has 0 aliphatic heterocycles. The average molecular weight is 783 g/mol. The summed E-state index contributed by atoms with van der Waals surface area (Å²) in [5.74, 6) is 0. The molecule has 0 saturated heterocycles. The SMILES string of the molecule is c1ccc(-c2ccc(-c3ccc(-c4ccc(-c5ccccc5)c(-c5ccc6ccc7cccc8ccc5c6c78)c4)cc3)cc2-c2ccc3ccc4cccc5ccc2c3c45)cc1. The highest BCUT2D eigenvalue weighted by Gasteiger charge is 2.18. The van der Waals surface area contributed by atoms with Crippen LogP contribution in [-0.4, -0.2) is 0 Å². The van der Waals surface area contributed by atoms with Crippen molar-refractivity contribution in [3.63, 3.8) is 0 Å². The van der Waals surface area contributed by atoms with E-state index in [1.807, 2.05) is 0 Å². The highest BCUT2D eigenvalue weighted by molar-refractivity contribution is 6.27. The zero-order valence-electron chi connectivity index (χ0n) is 33.9. The number of hydrogen-bond donors (Lipinski definition) is 0. The lowest BCUT2D eigenvalue weighted by atomic mass is 9.85. The van der Waals surface area contributed by atoms with Gasteiger partial charge in [-0.15, -0.1) is 0 Å². The van der Waals surface area contributed by atoms with Crippen LogP contribution in [-0.2, 0) is 0 Å². The Morgan fingerprint density at radius 3 is 0.887 bits per heavy atom. The van der Waals surface area contributed by atoms with E-state index in [0.29, 0.717) is 0 Å². The lowest BCUT2D eigenvalue weighted by Gasteiger charge is -2.18. The predicted octanol–water partition coefficient (Wildman–Crippen LogP) is 17.5. The van der Waals surface area contributed by atoms with Crippen LogP contribution in [0.15, 0.2) is 231 Å². The fourth-order valence-corrected chi connectivity index (χ4v) is 10.4. The van der Waals surface area contributed by atoms with Gasteiger partial charge in [0, 0.05) is 0 Å². The third-order valence-corrected chi connectivity index (χ3v) is 13.4. The van der Waals surface area contributed by atoms with Gasteiger partial charge in [0.05, 0.1) is 0 Å². The molecule has 0 heterocycles. The molecule has 0 spiro atoms. The zero-order chi connectivity index (χ0) is 40.7. The van der Waals surface area contributed by atoms with Gasteiger partial charge < -0.3 is 0 Å². The summed E-state index contributed by atoms with van der Waals surface area (Å²) in [5, 5.41) is 15.6. The molecule has 0 fully saturated rings. The van der Waals surface area contributed by atoms with Crippen molar-refractivity contribution >= 4 is 64.6 Å². The molecule has 13 aromatic rings. The molecule has 0 N–H and O–H groups in total. The van der Waals surface area contributed by atoms with Crippen molar-refractivity contribution in [3.05, 3.63) is 231 Å². The first-order valence-electron chi connectivity index (χ1n) is 21.6. The minimum absolute atomic E-state index is 1.19. The smallest absolute Gasteiger partial charge is 0.00206 e. The van der Waals surface area contributed by atoms with E-state index in [1.165, 1.54) is 131 Å². The molecule has 0 aliphatic carbocycles. The van der Waals surface area contributed by atoms with Crippen LogP contribution in [0, 0.1) is 0 Å². The van der Waals surface area contributed by atoms with E-state index in [2.05, 4.69) is 231 Å². The second-order valence-electron chi connectivity index (χ2n) is 16.8. The molecule has 13 rings (SSSR count). The van der Waals surface area contributed by atoms with E-state index in [1.54, 1.807) is 0 Å². The molecule has 13 aromatic carbocycles. The maximum atomic E-state index is 2.41. The van der Waals surface area contributed by atoms with E-state index in [4.69, 9.17) is 0 Å². The molecule has 0 aliphatic rings. The third kappa shape index (κ3) is 5.40. The Labute approximate surface area is 360 Å². The van der Waals surface area contributed by atoms with Crippen LogP contribution in [0.5, 0.6) is 0 Å². The van der Waals surface area contributed by atoms with Crippen molar-refractivity contribution in [2.45, 2.75) is 0 Å². The standard InChI is InChI=1S/C62H38/c1-3-9-41(10-4-1)51-31-29-49(37-57(51)53-33-25-47-23-21-43-13-7-15-45-27-35-55(53)61(47)59(43)45)39-17-19-40(20-18-39)50-30-32-52(42-11-5-2-6-12-42)58(38-50)54-34-26-48-24-22-44-14-8-16-46-28-36-56(54)62(48)60(44)46/h1-38H. The van der Waals surface area contributed by atoms with Crippen LogP contribution in [0.4, 0.5) is 0 Å². The Hall–Kier alpha value is -8.06. The number of benzene rings is 13. The first-order chi connectivity index (χ1) is 30.7. The lowest BCUT2D eigenvalue weighted by Crippen LogP contribution is -1.92. The van der Waals surface area contributed by atoms with E-state index in [9.17, 15) is 0 Å². The predicted molar refractivity (Wildman–Crippen MR) is 266 cm³/mol. The van der Waals surface area contributed by atoms with Gasteiger partial charge in [-0.1, -0.05) is 218 Å². The first-order valence-corrected chi connectivity index (χ1v) is 21.6. The monoisotopic (exact) mass is 782 g/mol. The molecule has 0 radical (unpaired) electrons. The molecular weight excluding hydrogens is 745 g/mol. The van der Waals surface area contributed by atoms with Crippen molar-refractivity contribution in [1.29, 1.82) is 0 Å². The van der Waals surface area contributed by atoms with Crippen LogP contribution in [0.1, 0.15) is 0 Å². The largest absolute Gasteiger partial charge is 0.0622 e. The van der Waals surface area contributed by atoms with Crippen LogP contribution >= 0.6 is 0 Å². The average Bonchev–Trinajstić information content (AvgIpc) is 3.35. The topological polar surface area (TPSA) is 0 Å². The van der Waals surface area contributed by atoms with Gasteiger partial charge in [-0.25, -0.2) is 0 Å².